The van der Waals surface area contributed by atoms with Crippen LogP contribution in [0.1, 0.15) is 245 Å². The van der Waals surface area contributed by atoms with Gasteiger partial charge in [-0.1, -0.05) is 192 Å². The molecule has 0 fully saturated rings. The molecule has 59 heavy (non-hydrogen) atoms. The highest BCUT2D eigenvalue weighted by atomic mass is 31.2. The summed E-state index contributed by atoms with van der Waals surface area (Å²) in [6, 6.07) is 0. The quantitative estimate of drug-likeness (QED) is 0.0265. The molecule has 9 nitrogen and oxygen atoms in total. The Morgan fingerprint density at radius 3 is 1.20 bits per heavy atom. The second-order valence-electron chi connectivity index (χ2n) is 16.7. The number of hydrogen-bond donors (Lipinski definition) is 2. The van der Waals surface area contributed by atoms with Gasteiger partial charge in [-0.25, -0.2) is 4.57 Å². The van der Waals surface area contributed by atoms with Crippen molar-refractivity contribution in [2.24, 2.45) is 5.73 Å². The number of ether oxygens (including phenoxy) is 2. The van der Waals surface area contributed by atoms with E-state index in [4.69, 9.17) is 24.3 Å². The van der Waals surface area contributed by atoms with Crippen molar-refractivity contribution in [2.45, 2.75) is 251 Å². The zero-order chi connectivity index (χ0) is 43.2. The van der Waals surface area contributed by atoms with E-state index in [0.717, 1.165) is 38.5 Å². The van der Waals surface area contributed by atoms with Gasteiger partial charge >= 0.3 is 19.8 Å². The van der Waals surface area contributed by atoms with Gasteiger partial charge in [0.05, 0.1) is 13.2 Å². The molecule has 0 heterocycles. The Labute approximate surface area is 363 Å². The number of carbonyl (C=O) groups is 2. The van der Waals surface area contributed by atoms with Gasteiger partial charge < -0.3 is 20.1 Å². The Balaban J connectivity index is 4.05. The summed E-state index contributed by atoms with van der Waals surface area (Å²) in [7, 11) is -4.38. The highest BCUT2D eigenvalue weighted by Gasteiger charge is 2.26. The van der Waals surface area contributed by atoms with Gasteiger partial charge in [0.2, 0.25) is 0 Å². The van der Waals surface area contributed by atoms with Crippen LogP contribution in [0.15, 0.2) is 24.3 Å². The van der Waals surface area contributed by atoms with Crippen LogP contribution in [0.25, 0.3) is 0 Å². The monoisotopic (exact) mass is 856 g/mol. The predicted molar refractivity (Wildman–Crippen MR) is 247 cm³/mol. The largest absolute Gasteiger partial charge is 0.472 e. The van der Waals surface area contributed by atoms with Gasteiger partial charge in [0.15, 0.2) is 6.10 Å². The molecule has 0 aliphatic carbocycles. The molecule has 0 aliphatic rings. The average molecular weight is 856 g/mol. The van der Waals surface area contributed by atoms with Crippen molar-refractivity contribution < 1.29 is 37.6 Å². The predicted octanol–water partition coefficient (Wildman–Crippen LogP) is 14.7. The molecule has 0 aromatic rings. The van der Waals surface area contributed by atoms with Crippen molar-refractivity contribution in [1.82, 2.24) is 0 Å². The maximum absolute atomic E-state index is 12.6. The Hall–Kier alpha value is -1.51. The summed E-state index contributed by atoms with van der Waals surface area (Å²) < 4.78 is 32.9. The molecule has 0 saturated carbocycles. The normalized spacial score (nSPS) is 13.4. The minimum Gasteiger partial charge on any atom is -0.462 e. The molecule has 0 amide bonds. The van der Waals surface area contributed by atoms with Gasteiger partial charge in [0.25, 0.3) is 0 Å². The number of unbranched alkanes of at least 4 members (excludes halogenated alkanes) is 30. The first-order valence-electron chi connectivity index (χ1n) is 24.8. The Kier molecular flexibility index (Phi) is 44.8. The first-order chi connectivity index (χ1) is 28.8. The van der Waals surface area contributed by atoms with Crippen molar-refractivity contribution in [3.05, 3.63) is 24.3 Å². The van der Waals surface area contributed by atoms with Crippen LogP contribution in [0, 0.1) is 0 Å². The number of hydrogen-bond acceptors (Lipinski definition) is 8. The van der Waals surface area contributed by atoms with Gasteiger partial charge in [0, 0.05) is 19.4 Å². The SMILES string of the molecule is CCCCCCCCC=CCCCCCCCCCCCC(=O)OCC(COP(=O)(O)OCCN)OC(=O)CCCCCCCCCCCC=CCCCCCCCC. The molecule has 3 N–H and O–H groups in total. The van der Waals surface area contributed by atoms with E-state index < -0.39 is 26.5 Å². The molecule has 0 spiro atoms. The third-order valence-corrected chi connectivity index (χ3v) is 11.8. The minimum atomic E-state index is -4.38. The Bertz CT molecular complexity index is 1020. The van der Waals surface area contributed by atoms with E-state index in [9.17, 15) is 19.0 Å². The maximum atomic E-state index is 12.6. The fourth-order valence-electron chi connectivity index (χ4n) is 7.10. The number of rotatable bonds is 47. The van der Waals surface area contributed by atoms with Crippen LogP contribution < -0.4 is 5.73 Å². The van der Waals surface area contributed by atoms with Gasteiger partial charge in [0.1, 0.15) is 6.61 Å². The standard InChI is InChI=1S/C49H94NO8P/c1-3-5-7-9-11-13-15-17-19-21-23-25-27-29-31-33-35-37-39-41-48(51)55-45-47(46-57-59(53,54)56-44-43-50)58-49(52)42-40-38-36-34-32-30-28-26-24-22-20-18-16-14-12-10-8-6-4-2/h17-20,47H,3-16,21-46,50H2,1-2H3,(H,53,54). The summed E-state index contributed by atoms with van der Waals surface area (Å²) in [4.78, 5) is 35.0. The molecule has 0 rings (SSSR count). The lowest BCUT2D eigenvalue weighted by Crippen LogP contribution is -2.29. The summed E-state index contributed by atoms with van der Waals surface area (Å²) in [5.41, 5.74) is 5.36. The van der Waals surface area contributed by atoms with Crippen molar-refractivity contribution in [3.8, 4) is 0 Å². The number of esters is 2. The van der Waals surface area contributed by atoms with E-state index in [1.165, 1.54) is 173 Å². The van der Waals surface area contributed by atoms with Crippen LogP contribution in [0.4, 0.5) is 0 Å². The van der Waals surface area contributed by atoms with E-state index >= 15 is 0 Å². The van der Waals surface area contributed by atoms with Crippen LogP contribution >= 0.6 is 7.82 Å². The van der Waals surface area contributed by atoms with E-state index in [-0.39, 0.29) is 38.6 Å². The number of nitrogens with two attached hydrogens (primary N) is 1. The van der Waals surface area contributed by atoms with Gasteiger partial charge in [-0.15, -0.1) is 0 Å². The Morgan fingerprint density at radius 2 is 0.831 bits per heavy atom. The molecule has 2 unspecified atom stereocenters. The molecule has 0 aliphatic heterocycles. The topological polar surface area (TPSA) is 134 Å². The lowest BCUT2D eigenvalue weighted by atomic mass is 10.1. The molecule has 0 aromatic heterocycles. The van der Waals surface area contributed by atoms with Crippen LogP contribution in [-0.4, -0.2) is 49.3 Å². The summed E-state index contributed by atoms with van der Waals surface area (Å²) in [5, 5.41) is 0. The third-order valence-electron chi connectivity index (χ3n) is 10.8. The van der Waals surface area contributed by atoms with Crippen LogP contribution in [0.2, 0.25) is 0 Å². The zero-order valence-corrected chi connectivity index (χ0v) is 39.4. The summed E-state index contributed by atoms with van der Waals surface area (Å²) >= 11 is 0. The van der Waals surface area contributed by atoms with Crippen molar-refractivity contribution in [1.29, 1.82) is 0 Å². The van der Waals surface area contributed by atoms with E-state index in [1.807, 2.05) is 0 Å². The fraction of sp³-hybridized carbons (Fsp3) is 0.878. The second-order valence-corrected chi connectivity index (χ2v) is 18.1. The number of carbonyl (C=O) groups excluding carboxylic acids is 2. The lowest BCUT2D eigenvalue weighted by Gasteiger charge is -2.19. The highest BCUT2D eigenvalue weighted by Crippen LogP contribution is 2.43. The zero-order valence-electron chi connectivity index (χ0n) is 38.5. The van der Waals surface area contributed by atoms with Crippen molar-refractivity contribution in [2.75, 3.05) is 26.4 Å². The van der Waals surface area contributed by atoms with Crippen LogP contribution in [0.3, 0.4) is 0 Å². The summed E-state index contributed by atoms with van der Waals surface area (Å²) in [6.07, 6.45) is 50.6. The Morgan fingerprint density at radius 1 is 0.492 bits per heavy atom. The first kappa shape index (κ1) is 57.5. The molecule has 2 atom stereocenters. The molecular formula is C49H94NO8P. The molecule has 0 radical (unpaired) electrons. The maximum Gasteiger partial charge on any atom is 0.472 e. The van der Waals surface area contributed by atoms with Crippen LogP contribution in [0.5, 0.6) is 0 Å². The summed E-state index contributed by atoms with van der Waals surface area (Å²) in [5.74, 6) is -0.823. The van der Waals surface area contributed by atoms with Gasteiger partial charge in [-0.3, -0.25) is 18.6 Å². The van der Waals surface area contributed by atoms with Crippen LogP contribution in [-0.2, 0) is 32.7 Å². The number of phosphoric acid groups is 1. The molecule has 0 saturated heterocycles. The smallest absolute Gasteiger partial charge is 0.462 e. The fourth-order valence-corrected chi connectivity index (χ4v) is 7.86. The van der Waals surface area contributed by atoms with Gasteiger partial charge in [-0.05, 0) is 64.2 Å². The van der Waals surface area contributed by atoms with E-state index in [0.29, 0.717) is 6.42 Å². The van der Waals surface area contributed by atoms with Crippen molar-refractivity contribution in [3.63, 3.8) is 0 Å². The molecule has 10 heteroatoms. The lowest BCUT2D eigenvalue weighted by molar-refractivity contribution is -0.161. The molecule has 348 valence electrons. The minimum absolute atomic E-state index is 0.0542. The third kappa shape index (κ3) is 45.8. The summed E-state index contributed by atoms with van der Waals surface area (Å²) in [6.45, 7) is 3.76. The number of allylic oxidation sites excluding steroid dienone is 4. The average Bonchev–Trinajstić information content (AvgIpc) is 3.22. The van der Waals surface area contributed by atoms with E-state index in [1.54, 1.807) is 0 Å². The highest BCUT2D eigenvalue weighted by molar-refractivity contribution is 7.47. The molecule has 0 aromatic carbocycles. The second kappa shape index (κ2) is 46.0. The first-order valence-corrected chi connectivity index (χ1v) is 26.3. The van der Waals surface area contributed by atoms with E-state index in [2.05, 4.69) is 38.2 Å². The van der Waals surface area contributed by atoms with Crippen molar-refractivity contribution >= 4 is 19.8 Å². The number of phosphoric ester groups is 1. The molecular weight excluding hydrogens is 762 g/mol. The molecule has 0 bridgehead atoms. The van der Waals surface area contributed by atoms with Gasteiger partial charge in [-0.2, -0.15) is 0 Å².